The minimum Gasteiger partial charge on any atom is -0.375 e. The fourth-order valence-corrected chi connectivity index (χ4v) is 3.61. The van der Waals surface area contributed by atoms with Gasteiger partial charge in [0.25, 0.3) is 0 Å². The Morgan fingerprint density at radius 3 is 2.39 bits per heavy atom. The minimum absolute atomic E-state index is 0.112. The molecule has 1 aliphatic heterocycles. The summed E-state index contributed by atoms with van der Waals surface area (Å²) in [6.07, 6.45) is 12.7. The van der Waals surface area contributed by atoms with Crippen molar-refractivity contribution in [2.24, 2.45) is 0 Å². The zero-order valence-corrected chi connectivity index (χ0v) is 14.2. The maximum atomic E-state index is 12.4. The van der Waals surface area contributed by atoms with Crippen LogP contribution in [0, 0.1) is 6.92 Å². The van der Waals surface area contributed by atoms with Gasteiger partial charge in [-0.3, -0.25) is 4.79 Å². The third-order valence-corrected chi connectivity index (χ3v) is 4.99. The molecule has 1 fully saturated rings. The molecule has 1 aromatic carbocycles. The van der Waals surface area contributed by atoms with Crippen LogP contribution in [0.3, 0.4) is 0 Å². The van der Waals surface area contributed by atoms with Crippen LogP contribution in [0.2, 0.25) is 0 Å². The predicted octanol–water partition coefficient (Wildman–Crippen LogP) is 5.05. The number of aryl methyl sites for hydroxylation is 1. The summed E-state index contributed by atoms with van der Waals surface area (Å²) in [5.41, 5.74) is 4.86. The Kier molecular flexibility index (Phi) is 5.32. The number of rotatable bonds is 4. The van der Waals surface area contributed by atoms with Crippen molar-refractivity contribution in [3.8, 4) is 0 Å². The van der Waals surface area contributed by atoms with Crippen LogP contribution in [-0.4, -0.2) is 23.8 Å². The molecule has 23 heavy (non-hydrogen) atoms. The van der Waals surface area contributed by atoms with E-state index in [1.165, 1.54) is 68.4 Å². The molecule has 1 heterocycles. The second-order valence-electron chi connectivity index (χ2n) is 6.79. The molecule has 2 heteroatoms. The van der Waals surface area contributed by atoms with E-state index in [1.54, 1.807) is 6.08 Å². The molecule has 0 amide bonds. The fourth-order valence-electron chi connectivity index (χ4n) is 3.61. The first kappa shape index (κ1) is 16.0. The van der Waals surface area contributed by atoms with Gasteiger partial charge in [-0.15, -0.1) is 0 Å². The lowest BCUT2D eigenvalue weighted by Crippen LogP contribution is -2.30. The molecule has 0 radical (unpaired) electrons. The van der Waals surface area contributed by atoms with Crippen LogP contribution in [0.5, 0.6) is 0 Å². The molecule has 1 aliphatic carbocycles. The Morgan fingerprint density at radius 1 is 0.957 bits per heavy atom. The zero-order chi connectivity index (χ0) is 16.1. The van der Waals surface area contributed by atoms with Gasteiger partial charge in [0.15, 0.2) is 5.78 Å². The summed E-state index contributed by atoms with van der Waals surface area (Å²) in [5, 5.41) is 0. The van der Waals surface area contributed by atoms with Crippen molar-refractivity contribution in [1.29, 1.82) is 0 Å². The van der Waals surface area contributed by atoms with Crippen LogP contribution in [0.1, 0.15) is 60.9 Å². The molecule has 1 aromatic rings. The lowest BCUT2D eigenvalue weighted by atomic mass is 9.93. The minimum atomic E-state index is 0.112. The van der Waals surface area contributed by atoms with Crippen molar-refractivity contribution in [1.82, 2.24) is 4.90 Å². The standard InChI is InChI=1S/C21H27NO/c1-17-9-11-19(12-10-17)21(23)14-13-18-7-3-4-8-20(18)22-15-5-2-6-16-22/h9-14H,2-8,15-16H2,1H3/b14-13-. The lowest BCUT2D eigenvalue weighted by Gasteiger charge is -2.34. The number of carbonyl (C=O) groups excluding carboxylic acids is 1. The maximum Gasteiger partial charge on any atom is 0.185 e. The van der Waals surface area contributed by atoms with Gasteiger partial charge in [-0.1, -0.05) is 35.9 Å². The van der Waals surface area contributed by atoms with Crippen LogP contribution in [0.4, 0.5) is 0 Å². The summed E-state index contributed by atoms with van der Waals surface area (Å²) in [6.45, 7) is 4.43. The Hall–Kier alpha value is -1.83. The quantitative estimate of drug-likeness (QED) is 0.573. The molecule has 1 saturated heterocycles. The Morgan fingerprint density at radius 2 is 1.65 bits per heavy atom. The largest absolute Gasteiger partial charge is 0.375 e. The highest BCUT2D eigenvalue weighted by atomic mass is 16.1. The monoisotopic (exact) mass is 309 g/mol. The first-order valence-electron chi connectivity index (χ1n) is 9.00. The van der Waals surface area contributed by atoms with Gasteiger partial charge >= 0.3 is 0 Å². The number of hydrogen-bond acceptors (Lipinski definition) is 2. The number of ketones is 1. The smallest absolute Gasteiger partial charge is 0.185 e. The zero-order valence-electron chi connectivity index (χ0n) is 14.2. The molecule has 2 nitrogen and oxygen atoms in total. The van der Waals surface area contributed by atoms with Crippen LogP contribution >= 0.6 is 0 Å². The van der Waals surface area contributed by atoms with Crippen molar-refractivity contribution in [3.05, 3.63) is 58.8 Å². The highest BCUT2D eigenvalue weighted by Crippen LogP contribution is 2.30. The highest BCUT2D eigenvalue weighted by Gasteiger charge is 2.19. The first-order chi connectivity index (χ1) is 11.2. The summed E-state index contributed by atoms with van der Waals surface area (Å²) >= 11 is 0. The van der Waals surface area contributed by atoms with E-state index in [9.17, 15) is 4.79 Å². The molecule has 122 valence electrons. The van der Waals surface area contributed by atoms with E-state index in [4.69, 9.17) is 0 Å². The summed E-state index contributed by atoms with van der Waals surface area (Å²) < 4.78 is 0. The van der Waals surface area contributed by atoms with Crippen molar-refractivity contribution < 1.29 is 4.79 Å². The molecule has 0 N–H and O–H groups in total. The van der Waals surface area contributed by atoms with Gasteiger partial charge in [-0.2, -0.15) is 0 Å². The van der Waals surface area contributed by atoms with Crippen molar-refractivity contribution in [2.45, 2.75) is 51.9 Å². The summed E-state index contributed by atoms with van der Waals surface area (Å²) in [4.78, 5) is 14.9. The van der Waals surface area contributed by atoms with E-state index in [0.717, 1.165) is 12.0 Å². The topological polar surface area (TPSA) is 20.3 Å². The van der Waals surface area contributed by atoms with Crippen LogP contribution in [0.15, 0.2) is 47.7 Å². The molecule has 2 aliphatic rings. The predicted molar refractivity (Wildman–Crippen MR) is 95.6 cm³/mol. The molecule has 3 rings (SSSR count). The highest BCUT2D eigenvalue weighted by molar-refractivity contribution is 6.04. The molecular formula is C21H27NO. The SMILES string of the molecule is Cc1ccc(C(=O)/C=C\C2=C(N3CCCCC3)CCCC2)cc1. The van der Waals surface area contributed by atoms with Crippen molar-refractivity contribution in [2.75, 3.05) is 13.1 Å². The van der Waals surface area contributed by atoms with Crippen LogP contribution in [-0.2, 0) is 0 Å². The second-order valence-corrected chi connectivity index (χ2v) is 6.79. The van der Waals surface area contributed by atoms with Gasteiger partial charge in [0, 0.05) is 24.4 Å². The Labute approximate surface area is 139 Å². The summed E-state index contributed by atoms with van der Waals surface area (Å²) in [7, 11) is 0. The number of allylic oxidation sites excluding steroid dienone is 4. The number of benzene rings is 1. The number of carbonyl (C=O) groups is 1. The third-order valence-electron chi connectivity index (χ3n) is 4.99. The van der Waals surface area contributed by atoms with Crippen molar-refractivity contribution in [3.63, 3.8) is 0 Å². The molecular weight excluding hydrogens is 282 g/mol. The van der Waals surface area contributed by atoms with E-state index in [2.05, 4.69) is 11.0 Å². The normalized spacial score (nSPS) is 19.4. The maximum absolute atomic E-state index is 12.4. The summed E-state index contributed by atoms with van der Waals surface area (Å²) in [6, 6.07) is 7.84. The summed E-state index contributed by atoms with van der Waals surface area (Å²) in [5.74, 6) is 0.112. The lowest BCUT2D eigenvalue weighted by molar-refractivity contribution is 0.104. The van der Waals surface area contributed by atoms with E-state index in [-0.39, 0.29) is 5.78 Å². The van der Waals surface area contributed by atoms with Gasteiger partial charge in [-0.05, 0) is 63.5 Å². The van der Waals surface area contributed by atoms with Crippen LogP contribution < -0.4 is 0 Å². The second kappa shape index (κ2) is 7.63. The molecule has 0 bridgehead atoms. The van der Waals surface area contributed by atoms with E-state index in [0.29, 0.717) is 0 Å². The number of hydrogen-bond donors (Lipinski definition) is 0. The Balaban J connectivity index is 1.76. The Bertz CT molecular complexity index is 603. The molecule has 0 aromatic heterocycles. The van der Waals surface area contributed by atoms with Crippen LogP contribution in [0.25, 0.3) is 0 Å². The van der Waals surface area contributed by atoms with Gasteiger partial charge in [0.05, 0.1) is 0 Å². The van der Waals surface area contributed by atoms with Gasteiger partial charge in [-0.25, -0.2) is 0 Å². The van der Waals surface area contributed by atoms with E-state index >= 15 is 0 Å². The van der Waals surface area contributed by atoms with Crippen molar-refractivity contribution >= 4 is 5.78 Å². The molecule has 0 atom stereocenters. The molecule has 0 spiro atoms. The average Bonchev–Trinajstić information content (AvgIpc) is 2.61. The van der Waals surface area contributed by atoms with E-state index < -0.39 is 0 Å². The molecule has 0 saturated carbocycles. The van der Waals surface area contributed by atoms with E-state index in [1.807, 2.05) is 31.2 Å². The third kappa shape index (κ3) is 4.13. The van der Waals surface area contributed by atoms with Gasteiger partial charge in [0.1, 0.15) is 0 Å². The number of nitrogens with zero attached hydrogens (tertiary/aromatic N) is 1. The molecule has 0 unspecified atom stereocenters. The van der Waals surface area contributed by atoms with Gasteiger partial charge in [0.2, 0.25) is 0 Å². The fraction of sp³-hybridized carbons (Fsp3) is 0.476. The number of likely N-dealkylation sites (tertiary alicyclic amines) is 1. The number of piperidine rings is 1. The first-order valence-corrected chi connectivity index (χ1v) is 9.00. The van der Waals surface area contributed by atoms with Gasteiger partial charge < -0.3 is 4.90 Å². The average molecular weight is 309 g/mol.